The topological polar surface area (TPSA) is 15.3 Å². The molecule has 0 saturated heterocycles. The Kier molecular flexibility index (Phi) is 2.82. The van der Waals surface area contributed by atoms with Gasteiger partial charge in [-0.15, -0.1) is 0 Å². The fraction of sp³-hybridized carbons (Fsp3) is 0.714. The molecule has 1 rings (SSSR count). The maximum absolute atomic E-state index is 3.36. The summed E-state index contributed by atoms with van der Waals surface area (Å²) in [4.78, 5) is 0. The maximum atomic E-state index is 3.36. The molecule has 0 amide bonds. The fourth-order valence-electron chi connectivity index (χ4n) is 1.22. The van der Waals surface area contributed by atoms with Crippen LogP contribution < -0.4 is 5.32 Å². The predicted molar refractivity (Wildman–Crippen MR) is 51.5 cm³/mol. The Labute approximate surface area is 76.2 Å². The molecule has 0 radical (unpaired) electrons. The lowest BCUT2D eigenvalue weighted by molar-refractivity contribution is 0.620. The molecule has 58 valence electrons. The van der Waals surface area contributed by atoms with Crippen LogP contribution in [-0.4, -0.2) is 9.78 Å². The highest BCUT2D eigenvalue weighted by Gasteiger charge is 2.15. The van der Waals surface area contributed by atoms with Crippen LogP contribution in [0.1, 0.15) is 26.7 Å². The van der Waals surface area contributed by atoms with Crippen molar-refractivity contribution in [2.75, 3.05) is 6.67 Å². The van der Waals surface area contributed by atoms with Crippen LogP contribution >= 0.6 is 22.9 Å². The second-order valence-electron chi connectivity index (χ2n) is 2.33. The summed E-state index contributed by atoms with van der Waals surface area (Å²) in [6.07, 6.45) is 2.27. The SMILES string of the molecule is CCC1=C(CC)N(I)CN1. The van der Waals surface area contributed by atoms with Crippen LogP contribution in [0.3, 0.4) is 0 Å². The van der Waals surface area contributed by atoms with Crippen LogP contribution in [0.5, 0.6) is 0 Å². The van der Waals surface area contributed by atoms with Gasteiger partial charge in [0.05, 0.1) is 29.5 Å². The fourth-order valence-corrected chi connectivity index (χ4v) is 2.03. The van der Waals surface area contributed by atoms with E-state index in [-0.39, 0.29) is 0 Å². The van der Waals surface area contributed by atoms with Gasteiger partial charge in [0.25, 0.3) is 0 Å². The molecule has 0 spiro atoms. The van der Waals surface area contributed by atoms with Crippen molar-refractivity contribution >= 4 is 22.9 Å². The number of hydrogen-bond acceptors (Lipinski definition) is 2. The summed E-state index contributed by atoms with van der Waals surface area (Å²) >= 11 is 2.35. The molecule has 1 heterocycles. The summed E-state index contributed by atoms with van der Waals surface area (Å²) in [5, 5.41) is 3.36. The Hall–Kier alpha value is 0.0700. The molecule has 1 aliphatic heterocycles. The lowest BCUT2D eigenvalue weighted by Gasteiger charge is -2.09. The van der Waals surface area contributed by atoms with Crippen molar-refractivity contribution in [2.24, 2.45) is 0 Å². The van der Waals surface area contributed by atoms with Gasteiger partial charge in [-0.25, -0.2) is 0 Å². The van der Waals surface area contributed by atoms with Crippen LogP contribution in [0.4, 0.5) is 0 Å². The minimum absolute atomic E-state index is 0.979. The Bertz CT molecular complexity index is 154. The van der Waals surface area contributed by atoms with Crippen molar-refractivity contribution in [3.8, 4) is 0 Å². The Balaban J connectivity index is 2.71. The van der Waals surface area contributed by atoms with Gasteiger partial charge in [0.1, 0.15) is 0 Å². The molecule has 0 unspecified atom stereocenters. The van der Waals surface area contributed by atoms with E-state index in [2.05, 4.69) is 45.1 Å². The molecule has 1 aliphatic rings. The van der Waals surface area contributed by atoms with E-state index in [1.54, 1.807) is 0 Å². The molecular weight excluding hydrogens is 239 g/mol. The molecule has 0 atom stereocenters. The largest absolute Gasteiger partial charge is 0.369 e. The summed E-state index contributed by atoms with van der Waals surface area (Å²) in [7, 11) is 0. The van der Waals surface area contributed by atoms with E-state index < -0.39 is 0 Å². The zero-order valence-corrected chi connectivity index (χ0v) is 8.60. The van der Waals surface area contributed by atoms with Gasteiger partial charge in [-0.3, -0.25) is 3.11 Å². The van der Waals surface area contributed by atoms with Gasteiger partial charge < -0.3 is 5.32 Å². The predicted octanol–water partition coefficient (Wildman–Crippen LogP) is 2.23. The first-order chi connectivity index (χ1) is 4.79. The first-order valence-corrected chi connectivity index (χ1v) is 4.65. The van der Waals surface area contributed by atoms with Gasteiger partial charge >= 0.3 is 0 Å². The lowest BCUT2D eigenvalue weighted by atomic mass is 10.2. The number of halogens is 1. The van der Waals surface area contributed by atoms with Crippen LogP contribution in [0.15, 0.2) is 11.4 Å². The average molecular weight is 252 g/mol. The molecule has 0 fully saturated rings. The highest BCUT2D eigenvalue weighted by Crippen LogP contribution is 2.23. The molecule has 0 aromatic carbocycles. The van der Waals surface area contributed by atoms with E-state index in [1.807, 2.05) is 0 Å². The summed E-state index contributed by atoms with van der Waals surface area (Å²) in [5.74, 6) is 0. The molecular formula is C7H13IN2. The molecule has 1 N–H and O–H groups in total. The third-order valence-electron chi connectivity index (χ3n) is 1.76. The maximum Gasteiger partial charge on any atom is 0.0967 e. The normalized spacial score (nSPS) is 18.1. The Morgan fingerprint density at radius 2 is 2.20 bits per heavy atom. The van der Waals surface area contributed by atoms with Crippen molar-refractivity contribution in [1.82, 2.24) is 8.43 Å². The number of hydrogen-bond donors (Lipinski definition) is 1. The molecule has 2 nitrogen and oxygen atoms in total. The van der Waals surface area contributed by atoms with Gasteiger partial charge in [0.2, 0.25) is 0 Å². The molecule has 10 heavy (non-hydrogen) atoms. The smallest absolute Gasteiger partial charge is 0.0967 e. The van der Waals surface area contributed by atoms with Crippen molar-refractivity contribution in [3.63, 3.8) is 0 Å². The molecule has 0 aromatic heterocycles. The molecule has 0 bridgehead atoms. The summed E-state index contributed by atoms with van der Waals surface area (Å²) in [5.41, 5.74) is 2.88. The van der Waals surface area contributed by atoms with Gasteiger partial charge in [-0.05, 0) is 12.8 Å². The quantitative estimate of drug-likeness (QED) is 0.598. The zero-order chi connectivity index (χ0) is 7.56. The van der Waals surface area contributed by atoms with E-state index >= 15 is 0 Å². The van der Waals surface area contributed by atoms with Crippen molar-refractivity contribution in [3.05, 3.63) is 11.4 Å². The standard InChI is InChI=1S/C7H13IN2/c1-3-6-7(4-2)10(8)5-9-6/h9H,3-5H2,1-2H3. The van der Waals surface area contributed by atoms with Gasteiger partial charge in [0, 0.05) is 11.4 Å². The molecule has 0 aromatic rings. The molecule has 0 aliphatic carbocycles. The molecule has 0 saturated carbocycles. The van der Waals surface area contributed by atoms with Gasteiger partial charge in [0.15, 0.2) is 0 Å². The number of rotatable bonds is 2. The van der Waals surface area contributed by atoms with E-state index in [1.165, 1.54) is 11.4 Å². The Morgan fingerprint density at radius 1 is 1.50 bits per heavy atom. The minimum Gasteiger partial charge on any atom is -0.369 e. The highest BCUT2D eigenvalue weighted by molar-refractivity contribution is 14.1. The lowest BCUT2D eigenvalue weighted by Crippen LogP contribution is -2.13. The van der Waals surface area contributed by atoms with E-state index in [9.17, 15) is 0 Å². The Morgan fingerprint density at radius 3 is 2.60 bits per heavy atom. The van der Waals surface area contributed by atoms with Gasteiger partial charge in [-0.2, -0.15) is 0 Å². The minimum atomic E-state index is 0.979. The number of nitrogens with zero attached hydrogens (tertiary/aromatic N) is 1. The summed E-state index contributed by atoms with van der Waals surface area (Å²) in [6, 6.07) is 0. The first-order valence-electron chi connectivity index (χ1n) is 3.68. The summed E-state index contributed by atoms with van der Waals surface area (Å²) < 4.78 is 2.25. The number of nitrogens with one attached hydrogen (secondary N) is 1. The third-order valence-corrected chi connectivity index (χ3v) is 2.68. The van der Waals surface area contributed by atoms with Gasteiger partial charge in [-0.1, -0.05) is 13.8 Å². The first kappa shape index (κ1) is 8.17. The monoisotopic (exact) mass is 252 g/mol. The zero-order valence-electron chi connectivity index (χ0n) is 6.45. The van der Waals surface area contributed by atoms with Crippen LogP contribution in [0.2, 0.25) is 0 Å². The van der Waals surface area contributed by atoms with Crippen molar-refractivity contribution in [1.29, 1.82) is 0 Å². The average Bonchev–Trinajstić information content (AvgIpc) is 2.30. The van der Waals surface area contributed by atoms with Crippen LogP contribution in [-0.2, 0) is 0 Å². The highest BCUT2D eigenvalue weighted by atomic mass is 127. The number of allylic oxidation sites excluding steroid dienone is 2. The second-order valence-corrected chi connectivity index (χ2v) is 3.49. The second kappa shape index (κ2) is 3.46. The van der Waals surface area contributed by atoms with E-state index in [0.29, 0.717) is 0 Å². The van der Waals surface area contributed by atoms with Crippen LogP contribution in [0.25, 0.3) is 0 Å². The summed E-state index contributed by atoms with van der Waals surface area (Å²) in [6.45, 7) is 5.37. The van der Waals surface area contributed by atoms with Crippen LogP contribution in [0, 0.1) is 0 Å². The third kappa shape index (κ3) is 1.38. The van der Waals surface area contributed by atoms with Crippen molar-refractivity contribution < 1.29 is 0 Å². The van der Waals surface area contributed by atoms with E-state index in [0.717, 1.165) is 19.5 Å². The van der Waals surface area contributed by atoms with Crippen molar-refractivity contribution in [2.45, 2.75) is 26.7 Å². The van der Waals surface area contributed by atoms with E-state index in [4.69, 9.17) is 0 Å². The molecule has 3 heteroatoms.